The van der Waals surface area contributed by atoms with Gasteiger partial charge in [-0.25, -0.2) is 0 Å². The van der Waals surface area contributed by atoms with E-state index in [1.165, 1.54) is 6.08 Å². The molecular weight excluding hydrogens is 366 g/mol. The average Bonchev–Trinajstić information content (AvgIpc) is 2.70. The zero-order valence-corrected chi connectivity index (χ0v) is 16.9. The van der Waals surface area contributed by atoms with E-state index in [4.69, 9.17) is 4.74 Å². The molecule has 0 radical (unpaired) electrons. The predicted octanol–water partition coefficient (Wildman–Crippen LogP) is 2.77. The standard InChI is InChI=1S/C23H25N3O3/c1-25(2)14-13-24-22(27)12-11-17-7-6-8-18(15-17)16-21-23(28)26(3)19-9-4-5-10-20(19)29-21/h4-12,15-16H,13-14H2,1-3H3,(H,24,27)/b12-11+,21-16-. The van der Waals surface area contributed by atoms with Crippen LogP contribution in [0.15, 0.2) is 60.4 Å². The normalized spacial score (nSPS) is 15.0. The van der Waals surface area contributed by atoms with E-state index < -0.39 is 0 Å². The Bertz CT molecular complexity index is 963. The fraction of sp³-hybridized carbons (Fsp3) is 0.217. The van der Waals surface area contributed by atoms with Crippen molar-refractivity contribution in [2.45, 2.75) is 0 Å². The molecule has 0 aliphatic carbocycles. The maximum absolute atomic E-state index is 12.6. The molecule has 150 valence electrons. The molecule has 3 rings (SSSR count). The van der Waals surface area contributed by atoms with Crippen LogP contribution in [0, 0.1) is 0 Å². The Hall–Kier alpha value is -3.38. The van der Waals surface area contributed by atoms with Crippen LogP contribution in [0.5, 0.6) is 5.75 Å². The topological polar surface area (TPSA) is 61.9 Å². The van der Waals surface area contributed by atoms with Crippen LogP contribution in [-0.2, 0) is 9.59 Å². The van der Waals surface area contributed by atoms with Crippen LogP contribution in [0.4, 0.5) is 5.69 Å². The molecule has 0 fully saturated rings. The number of likely N-dealkylation sites (N-methyl/N-ethyl adjacent to an activating group) is 2. The molecular formula is C23H25N3O3. The first-order valence-electron chi connectivity index (χ1n) is 9.41. The van der Waals surface area contributed by atoms with E-state index in [1.54, 1.807) is 24.1 Å². The molecule has 1 heterocycles. The number of ether oxygens (including phenoxy) is 1. The van der Waals surface area contributed by atoms with Gasteiger partial charge in [0.05, 0.1) is 5.69 Å². The highest BCUT2D eigenvalue weighted by atomic mass is 16.5. The smallest absolute Gasteiger partial charge is 0.293 e. The molecule has 6 heteroatoms. The molecule has 0 saturated carbocycles. The number of rotatable bonds is 6. The highest BCUT2D eigenvalue weighted by molar-refractivity contribution is 6.09. The van der Waals surface area contributed by atoms with Gasteiger partial charge in [-0.1, -0.05) is 30.3 Å². The van der Waals surface area contributed by atoms with E-state index >= 15 is 0 Å². The summed E-state index contributed by atoms with van der Waals surface area (Å²) in [5.41, 5.74) is 2.42. The molecule has 1 aliphatic heterocycles. The fourth-order valence-electron chi connectivity index (χ4n) is 2.89. The Labute approximate surface area is 171 Å². The van der Waals surface area contributed by atoms with Crippen LogP contribution < -0.4 is 15.0 Å². The quantitative estimate of drug-likeness (QED) is 0.770. The number of hydrogen-bond donors (Lipinski definition) is 1. The molecule has 2 aromatic rings. The number of fused-ring (bicyclic) bond motifs is 1. The lowest BCUT2D eigenvalue weighted by atomic mass is 10.1. The van der Waals surface area contributed by atoms with Crippen LogP contribution in [0.25, 0.3) is 12.2 Å². The van der Waals surface area contributed by atoms with Gasteiger partial charge in [0.15, 0.2) is 11.5 Å². The molecule has 0 spiro atoms. The Morgan fingerprint density at radius 1 is 1.14 bits per heavy atom. The number of para-hydroxylation sites is 2. The SMILES string of the molecule is CN(C)CCNC(=O)/C=C/c1cccc(/C=C2\Oc3ccccc3N(C)C2=O)c1. The number of anilines is 1. The van der Waals surface area contributed by atoms with E-state index in [-0.39, 0.29) is 17.6 Å². The molecule has 0 unspecified atom stereocenters. The lowest BCUT2D eigenvalue weighted by Gasteiger charge is -2.27. The highest BCUT2D eigenvalue weighted by Gasteiger charge is 2.27. The summed E-state index contributed by atoms with van der Waals surface area (Å²) in [5, 5.41) is 2.84. The number of amides is 2. The van der Waals surface area contributed by atoms with Crippen LogP contribution >= 0.6 is 0 Å². The first-order valence-corrected chi connectivity index (χ1v) is 9.41. The third kappa shape index (κ3) is 5.33. The summed E-state index contributed by atoms with van der Waals surface area (Å²) in [6, 6.07) is 15.0. The van der Waals surface area contributed by atoms with Crippen LogP contribution in [0.1, 0.15) is 11.1 Å². The number of hydrogen-bond acceptors (Lipinski definition) is 4. The molecule has 29 heavy (non-hydrogen) atoms. The molecule has 0 aromatic heterocycles. The zero-order valence-electron chi connectivity index (χ0n) is 16.9. The Balaban J connectivity index is 1.72. The van der Waals surface area contributed by atoms with Gasteiger partial charge >= 0.3 is 0 Å². The largest absolute Gasteiger partial charge is 0.449 e. The van der Waals surface area contributed by atoms with Gasteiger partial charge in [0.25, 0.3) is 5.91 Å². The minimum atomic E-state index is -0.204. The van der Waals surface area contributed by atoms with Crippen molar-refractivity contribution in [1.82, 2.24) is 10.2 Å². The summed E-state index contributed by atoms with van der Waals surface area (Å²) in [7, 11) is 5.64. The Morgan fingerprint density at radius 2 is 1.90 bits per heavy atom. The minimum Gasteiger partial charge on any atom is -0.449 e. The maximum Gasteiger partial charge on any atom is 0.293 e. The van der Waals surface area contributed by atoms with Crippen molar-refractivity contribution in [3.05, 3.63) is 71.5 Å². The highest BCUT2D eigenvalue weighted by Crippen LogP contribution is 2.34. The predicted molar refractivity (Wildman–Crippen MR) is 115 cm³/mol. The van der Waals surface area contributed by atoms with Crippen LogP contribution in [0.2, 0.25) is 0 Å². The summed E-state index contributed by atoms with van der Waals surface area (Å²) in [6.45, 7) is 1.38. The molecule has 6 nitrogen and oxygen atoms in total. The second-order valence-electron chi connectivity index (χ2n) is 7.04. The van der Waals surface area contributed by atoms with E-state index in [2.05, 4.69) is 5.32 Å². The first kappa shape index (κ1) is 20.4. The molecule has 0 bridgehead atoms. The summed E-state index contributed by atoms with van der Waals surface area (Å²) in [6.07, 6.45) is 4.97. The van der Waals surface area contributed by atoms with E-state index in [1.807, 2.05) is 67.5 Å². The van der Waals surface area contributed by atoms with Gasteiger partial charge in [-0.2, -0.15) is 0 Å². The van der Waals surface area contributed by atoms with Gasteiger partial charge in [-0.15, -0.1) is 0 Å². The summed E-state index contributed by atoms with van der Waals surface area (Å²) in [5.74, 6) is 0.560. The van der Waals surface area contributed by atoms with Crippen LogP contribution in [-0.4, -0.2) is 50.9 Å². The summed E-state index contributed by atoms with van der Waals surface area (Å²) in [4.78, 5) is 28.1. The number of nitrogens with one attached hydrogen (secondary N) is 1. The van der Waals surface area contributed by atoms with Crippen molar-refractivity contribution in [2.75, 3.05) is 39.1 Å². The average molecular weight is 391 g/mol. The minimum absolute atomic E-state index is 0.139. The molecule has 2 amide bonds. The Kier molecular flexibility index (Phi) is 6.46. The fourth-order valence-corrected chi connectivity index (χ4v) is 2.89. The van der Waals surface area contributed by atoms with Gasteiger partial charge in [0.1, 0.15) is 0 Å². The zero-order chi connectivity index (χ0) is 20.8. The number of nitrogens with zero attached hydrogens (tertiary/aromatic N) is 2. The van der Waals surface area contributed by atoms with E-state index in [9.17, 15) is 9.59 Å². The van der Waals surface area contributed by atoms with Crippen molar-refractivity contribution in [3.63, 3.8) is 0 Å². The van der Waals surface area contributed by atoms with Crippen molar-refractivity contribution in [2.24, 2.45) is 0 Å². The first-order chi connectivity index (χ1) is 13.9. The molecule has 1 aliphatic rings. The maximum atomic E-state index is 12.6. The summed E-state index contributed by atoms with van der Waals surface area (Å²) < 4.78 is 5.80. The number of carbonyl (C=O) groups excluding carboxylic acids is 2. The molecule has 0 saturated heterocycles. The van der Waals surface area contributed by atoms with Crippen molar-refractivity contribution < 1.29 is 14.3 Å². The van der Waals surface area contributed by atoms with Gasteiger partial charge in [-0.3, -0.25) is 9.59 Å². The molecule has 1 N–H and O–H groups in total. The van der Waals surface area contributed by atoms with E-state index in [0.717, 1.165) is 23.4 Å². The lowest BCUT2D eigenvalue weighted by Crippen LogP contribution is -2.33. The van der Waals surface area contributed by atoms with Gasteiger partial charge < -0.3 is 19.9 Å². The van der Waals surface area contributed by atoms with E-state index in [0.29, 0.717) is 12.3 Å². The van der Waals surface area contributed by atoms with Crippen molar-refractivity contribution >= 4 is 29.7 Å². The van der Waals surface area contributed by atoms with Crippen molar-refractivity contribution in [3.8, 4) is 5.75 Å². The number of benzene rings is 2. The third-order valence-corrected chi connectivity index (χ3v) is 4.46. The second-order valence-corrected chi connectivity index (χ2v) is 7.04. The molecule has 2 aromatic carbocycles. The summed E-state index contributed by atoms with van der Waals surface area (Å²) >= 11 is 0. The van der Waals surface area contributed by atoms with Crippen molar-refractivity contribution in [1.29, 1.82) is 0 Å². The van der Waals surface area contributed by atoms with Gasteiger partial charge in [-0.05, 0) is 55.6 Å². The van der Waals surface area contributed by atoms with Gasteiger partial charge in [0.2, 0.25) is 5.91 Å². The monoisotopic (exact) mass is 391 g/mol. The van der Waals surface area contributed by atoms with Crippen LogP contribution in [0.3, 0.4) is 0 Å². The number of carbonyl (C=O) groups is 2. The van der Waals surface area contributed by atoms with Gasteiger partial charge in [0, 0.05) is 26.2 Å². The lowest BCUT2D eigenvalue weighted by molar-refractivity contribution is -0.117. The Morgan fingerprint density at radius 3 is 2.69 bits per heavy atom. The third-order valence-electron chi connectivity index (χ3n) is 4.46. The second kappa shape index (κ2) is 9.21. The molecule has 0 atom stereocenters.